The standard InChI is InChI=1S/C22H26N4O4S/c1-29-19-7-8-21(30-2)22(14-19)31(27,28)24-15-17-13-20(16-9-11-23-12-10-16)26(25-17)18-5-3-4-6-18/h7-14,18,24H,3-6,15H2,1-2H3. The molecule has 1 saturated carbocycles. The number of nitrogens with zero attached hydrogens (tertiary/aromatic N) is 3. The average molecular weight is 443 g/mol. The van der Waals surface area contributed by atoms with Gasteiger partial charge in [-0.1, -0.05) is 12.8 Å². The fourth-order valence-corrected chi connectivity index (χ4v) is 5.12. The first-order valence-corrected chi connectivity index (χ1v) is 11.7. The number of rotatable bonds is 8. The van der Waals surface area contributed by atoms with Crippen LogP contribution in [-0.4, -0.2) is 37.4 Å². The molecule has 1 aliphatic carbocycles. The number of sulfonamides is 1. The smallest absolute Gasteiger partial charge is 0.244 e. The topological polar surface area (TPSA) is 95.3 Å². The van der Waals surface area contributed by atoms with Crippen LogP contribution in [0.2, 0.25) is 0 Å². The Morgan fingerprint density at radius 3 is 2.48 bits per heavy atom. The van der Waals surface area contributed by atoms with Crippen LogP contribution in [-0.2, 0) is 16.6 Å². The van der Waals surface area contributed by atoms with Crippen molar-refractivity contribution in [3.05, 3.63) is 54.5 Å². The Hall–Kier alpha value is -2.91. The Labute approximate surface area is 182 Å². The van der Waals surface area contributed by atoms with Gasteiger partial charge in [0.1, 0.15) is 16.4 Å². The van der Waals surface area contributed by atoms with Gasteiger partial charge in [0.15, 0.2) is 0 Å². The summed E-state index contributed by atoms with van der Waals surface area (Å²) >= 11 is 0. The maximum atomic E-state index is 13.0. The highest BCUT2D eigenvalue weighted by molar-refractivity contribution is 7.89. The first-order chi connectivity index (χ1) is 15.0. The van der Waals surface area contributed by atoms with Crippen LogP contribution in [0, 0.1) is 0 Å². The molecule has 164 valence electrons. The van der Waals surface area contributed by atoms with Crippen molar-refractivity contribution >= 4 is 10.0 Å². The predicted octanol–water partition coefficient (Wildman–Crippen LogP) is 3.56. The number of methoxy groups -OCH3 is 2. The van der Waals surface area contributed by atoms with Crippen LogP contribution in [0.1, 0.15) is 37.4 Å². The van der Waals surface area contributed by atoms with Gasteiger partial charge < -0.3 is 9.47 Å². The number of pyridine rings is 1. The zero-order valence-electron chi connectivity index (χ0n) is 17.6. The lowest BCUT2D eigenvalue weighted by Gasteiger charge is -2.14. The Kier molecular flexibility index (Phi) is 6.24. The van der Waals surface area contributed by atoms with E-state index in [1.54, 1.807) is 24.5 Å². The van der Waals surface area contributed by atoms with E-state index in [9.17, 15) is 8.42 Å². The first-order valence-electron chi connectivity index (χ1n) is 10.2. The molecule has 4 rings (SSSR count). The second-order valence-electron chi connectivity index (χ2n) is 7.48. The van der Waals surface area contributed by atoms with Crippen molar-refractivity contribution in [2.75, 3.05) is 14.2 Å². The van der Waals surface area contributed by atoms with Crippen LogP contribution in [0.5, 0.6) is 11.5 Å². The molecule has 0 amide bonds. The van der Waals surface area contributed by atoms with Crippen molar-refractivity contribution in [1.29, 1.82) is 0 Å². The summed E-state index contributed by atoms with van der Waals surface area (Å²) < 4.78 is 41.1. The van der Waals surface area contributed by atoms with E-state index in [1.165, 1.54) is 33.1 Å². The molecular weight excluding hydrogens is 416 g/mol. The largest absolute Gasteiger partial charge is 0.497 e. The number of aromatic nitrogens is 3. The second-order valence-corrected chi connectivity index (χ2v) is 9.22. The zero-order valence-corrected chi connectivity index (χ0v) is 18.4. The normalized spacial score (nSPS) is 14.6. The molecule has 0 radical (unpaired) electrons. The van der Waals surface area contributed by atoms with Crippen LogP contribution < -0.4 is 14.2 Å². The highest BCUT2D eigenvalue weighted by atomic mass is 32.2. The van der Waals surface area contributed by atoms with Crippen molar-refractivity contribution < 1.29 is 17.9 Å². The van der Waals surface area contributed by atoms with Crippen LogP contribution in [0.25, 0.3) is 11.3 Å². The second kappa shape index (κ2) is 9.07. The number of nitrogens with one attached hydrogen (secondary N) is 1. The van der Waals surface area contributed by atoms with Gasteiger partial charge in [0.05, 0.1) is 38.2 Å². The molecule has 31 heavy (non-hydrogen) atoms. The fourth-order valence-electron chi connectivity index (χ4n) is 3.94. The van der Waals surface area contributed by atoms with E-state index in [1.807, 2.05) is 22.9 Å². The molecule has 1 fully saturated rings. The number of hydrogen-bond acceptors (Lipinski definition) is 6. The number of hydrogen-bond donors (Lipinski definition) is 1. The Balaban J connectivity index is 1.61. The van der Waals surface area contributed by atoms with Gasteiger partial charge in [-0.15, -0.1) is 0 Å². The summed E-state index contributed by atoms with van der Waals surface area (Å²) in [5.74, 6) is 0.689. The summed E-state index contributed by atoms with van der Waals surface area (Å²) in [4.78, 5) is 4.12. The SMILES string of the molecule is COc1ccc(OC)c(S(=O)(=O)NCc2cc(-c3ccncc3)n(C3CCCC3)n2)c1. The molecule has 0 atom stereocenters. The molecule has 1 N–H and O–H groups in total. The monoisotopic (exact) mass is 442 g/mol. The van der Waals surface area contributed by atoms with Gasteiger partial charge in [0.25, 0.3) is 0 Å². The lowest BCUT2D eigenvalue weighted by atomic mass is 10.1. The summed E-state index contributed by atoms with van der Waals surface area (Å²) in [7, 11) is -0.912. The predicted molar refractivity (Wildman–Crippen MR) is 117 cm³/mol. The van der Waals surface area contributed by atoms with Crippen LogP contribution >= 0.6 is 0 Å². The van der Waals surface area contributed by atoms with Gasteiger partial charge in [0.2, 0.25) is 10.0 Å². The van der Waals surface area contributed by atoms with Gasteiger partial charge in [0, 0.05) is 24.0 Å². The van der Waals surface area contributed by atoms with E-state index in [2.05, 4.69) is 9.71 Å². The van der Waals surface area contributed by atoms with Gasteiger partial charge in [-0.3, -0.25) is 9.67 Å². The summed E-state index contributed by atoms with van der Waals surface area (Å²) in [6.45, 7) is 0.0699. The van der Waals surface area contributed by atoms with Crippen LogP contribution in [0.3, 0.4) is 0 Å². The molecule has 9 heteroatoms. The molecule has 0 unspecified atom stereocenters. The molecule has 2 aromatic heterocycles. The highest BCUT2D eigenvalue weighted by Crippen LogP contribution is 2.34. The molecule has 0 spiro atoms. The fraction of sp³-hybridized carbons (Fsp3) is 0.364. The van der Waals surface area contributed by atoms with E-state index in [4.69, 9.17) is 14.6 Å². The van der Waals surface area contributed by atoms with Gasteiger partial charge in [-0.2, -0.15) is 5.10 Å². The van der Waals surface area contributed by atoms with E-state index in [0.717, 1.165) is 24.1 Å². The molecule has 1 aliphatic rings. The van der Waals surface area contributed by atoms with E-state index in [0.29, 0.717) is 17.5 Å². The Morgan fingerprint density at radius 2 is 1.81 bits per heavy atom. The highest BCUT2D eigenvalue weighted by Gasteiger charge is 2.24. The number of ether oxygens (including phenoxy) is 2. The summed E-state index contributed by atoms with van der Waals surface area (Å²) in [5, 5.41) is 4.76. The maximum absolute atomic E-state index is 13.0. The van der Waals surface area contributed by atoms with Crippen LogP contribution in [0.15, 0.2) is 53.7 Å². The van der Waals surface area contributed by atoms with Crippen molar-refractivity contribution in [2.24, 2.45) is 0 Å². The summed E-state index contributed by atoms with van der Waals surface area (Å²) in [6.07, 6.45) is 8.01. The third-order valence-corrected chi connectivity index (χ3v) is 6.96. The molecule has 2 heterocycles. The first kappa shape index (κ1) is 21.3. The van der Waals surface area contributed by atoms with Crippen molar-refractivity contribution in [2.45, 2.75) is 43.2 Å². The van der Waals surface area contributed by atoms with Crippen molar-refractivity contribution in [3.63, 3.8) is 0 Å². The Morgan fingerprint density at radius 1 is 1.06 bits per heavy atom. The molecule has 0 bridgehead atoms. The minimum Gasteiger partial charge on any atom is -0.497 e. The molecular formula is C22H26N4O4S. The van der Waals surface area contributed by atoms with Gasteiger partial charge in [-0.05, 0) is 43.2 Å². The van der Waals surface area contributed by atoms with Crippen LogP contribution in [0.4, 0.5) is 0 Å². The van der Waals surface area contributed by atoms with Gasteiger partial charge in [-0.25, -0.2) is 13.1 Å². The molecule has 8 nitrogen and oxygen atoms in total. The van der Waals surface area contributed by atoms with E-state index in [-0.39, 0.29) is 17.2 Å². The minimum atomic E-state index is -3.84. The lowest BCUT2D eigenvalue weighted by Crippen LogP contribution is -2.24. The lowest BCUT2D eigenvalue weighted by molar-refractivity contribution is 0.392. The molecule has 0 aliphatic heterocycles. The Bertz CT molecular complexity index is 1140. The van der Waals surface area contributed by atoms with Crippen molar-refractivity contribution in [1.82, 2.24) is 19.5 Å². The summed E-state index contributed by atoms with van der Waals surface area (Å²) in [5.41, 5.74) is 2.64. The maximum Gasteiger partial charge on any atom is 0.244 e. The molecule has 0 saturated heterocycles. The van der Waals surface area contributed by atoms with E-state index >= 15 is 0 Å². The molecule has 3 aromatic rings. The number of benzene rings is 1. The van der Waals surface area contributed by atoms with Gasteiger partial charge >= 0.3 is 0 Å². The molecule has 1 aromatic carbocycles. The quantitative estimate of drug-likeness (QED) is 0.573. The average Bonchev–Trinajstić information content (AvgIpc) is 3.48. The third kappa shape index (κ3) is 4.57. The summed E-state index contributed by atoms with van der Waals surface area (Å²) in [6, 6.07) is 10.8. The zero-order chi connectivity index (χ0) is 21.8. The van der Waals surface area contributed by atoms with E-state index < -0.39 is 10.0 Å². The third-order valence-electron chi connectivity index (χ3n) is 5.54. The van der Waals surface area contributed by atoms with Crippen molar-refractivity contribution in [3.8, 4) is 22.8 Å². The minimum absolute atomic E-state index is 0.0268.